The minimum Gasteiger partial charge on any atom is -0.493 e. The predicted molar refractivity (Wildman–Crippen MR) is 94.6 cm³/mol. The Morgan fingerprint density at radius 3 is 2.33 bits per heavy atom. The molecule has 24 heavy (non-hydrogen) atoms. The van der Waals surface area contributed by atoms with Crippen LogP contribution in [-0.2, 0) is 11.3 Å². The topological polar surface area (TPSA) is 52.0 Å². The highest BCUT2D eigenvalue weighted by Gasteiger charge is 2.25. The Kier molecular flexibility index (Phi) is 7.37. The summed E-state index contributed by atoms with van der Waals surface area (Å²) in [5, 5.41) is 3.06. The highest BCUT2D eigenvalue weighted by molar-refractivity contribution is 5.79. The number of ether oxygens (including phenoxy) is 2. The van der Waals surface area contributed by atoms with Crippen LogP contribution in [0.5, 0.6) is 11.5 Å². The maximum Gasteiger partial charge on any atom is 0.278 e. The molecule has 1 saturated heterocycles. The van der Waals surface area contributed by atoms with E-state index in [4.69, 9.17) is 9.47 Å². The van der Waals surface area contributed by atoms with Gasteiger partial charge in [-0.25, -0.2) is 0 Å². The van der Waals surface area contributed by atoms with Crippen molar-refractivity contribution in [3.63, 3.8) is 0 Å². The number of methoxy groups -OCH3 is 2. The SMILES string of the molecule is COc1ccc(CNC(=O)[C@@H](C)[NH+]2CCCCCCC2)cc1OC. The van der Waals surface area contributed by atoms with Crippen molar-refractivity contribution in [2.75, 3.05) is 27.3 Å². The number of rotatable bonds is 6. The van der Waals surface area contributed by atoms with Gasteiger partial charge in [-0.05, 0) is 50.3 Å². The van der Waals surface area contributed by atoms with E-state index in [-0.39, 0.29) is 11.9 Å². The Hall–Kier alpha value is -1.75. The van der Waals surface area contributed by atoms with Crippen LogP contribution in [0.4, 0.5) is 0 Å². The van der Waals surface area contributed by atoms with Gasteiger partial charge in [-0.3, -0.25) is 4.79 Å². The van der Waals surface area contributed by atoms with Crippen LogP contribution in [0, 0.1) is 0 Å². The number of carbonyl (C=O) groups is 1. The van der Waals surface area contributed by atoms with Gasteiger partial charge in [0.25, 0.3) is 5.91 Å². The van der Waals surface area contributed by atoms with Crippen molar-refractivity contribution in [3.05, 3.63) is 23.8 Å². The lowest BCUT2D eigenvalue weighted by atomic mass is 10.1. The third-order valence-electron chi connectivity index (χ3n) is 4.92. The molecule has 2 rings (SSSR count). The van der Waals surface area contributed by atoms with Crippen LogP contribution in [-0.4, -0.2) is 39.3 Å². The van der Waals surface area contributed by atoms with E-state index < -0.39 is 0 Å². The first-order valence-electron chi connectivity index (χ1n) is 8.99. The second kappa shape index (κ2) is 9.52. The maximum absolute atomic E-state index is 12.5. The van der Waals surface area contributed by atoms with E-state index in [1.165, 1.54) is 37.0 Å². The van der Waals surface area contributed by atoms with Gasteiger partial charge in [0.05, 0.1) is 27.3 Å². The Morgan fingerprint density at radius 2 is 1.71 bits per heavy atom. The smallest absolute Gasteiger partial charge is 0.278 e. The first kappa shape index (κ1) is 18.6. The molecule has 5 heteroatoms. The van der Waals surface area contributed by atoms with Crippen molar-refractivity contribution in [1.82, 2.24) is 5.32 Å². The van der Waals surface area contributed by atoms with Gasteiger partial charge >= 0.3 is 0 Å². The van der Waals surface area contributed by atoms with Crippen molar-refractivity contribution in [3.8, 4) is 11.5 Å². The summed E-state index contributed by atoms with van der Waals surface area (Å²) >= 11 is 0. The van der Waals surface area contributed by atoms with E-state index in [2.05, 4.69) is 5.32 Å². The van der Waals surface area contributed by atoms with Gasteiger partial charge in [0.1, 0.15) is 0 Å². The third kappa shape index (κ3) is 5.13. The predicted octanol–water partition coefficient (Wildman–Crippen LogP) is 1.56. The molecule has 1 atom stereocenters. The van der Waals surface area contributed by atoms with E-state index in [0.717, 1.165) is 18.7 Å². The molecule has 1 amide bonds. The normalized spacial score (nSPS) is 17.5. The third-order valence-corrected chi connectivity index (χ3v) is 4.92. The fraction of sp³-hybridized carbons (Fsp3) is 0.632. The van der Waals surface area contributed by atoms with Crippen LogP contribution in [0.1, 0.15) is 44.6 Å². The zero-order valence-corrected chi connectivity index (χ0v) is 15.2. The van der Waals surface area contributed by atoms with Gasteiger partial charge in [-0.1, -0.05) is 12.5 Å². The number of nitrogens with one attached hydrogen (secondary N) is 2. The van der Waals surface area contributed by atoms with E-state index in [0.29, 0.717) is 18.0 Å². The van der Waals surface area contributed by atoms with Crippen molar-refractivity contribution < 1.29 is 19.2 Å². The first-order chi connectivity index (χ1) is 11.7. The lowest BCUT2D eigenvalue weighted by Gasteiger charge is -2.27. The lowest BCUT2D eigenvalue weighted by molar-refractivity contribution is -0.915. The highest BCUT2D eigenvalue weighted by atomic mass is 16.5. The fourth-order valence-electron chi connectivity index (χ4n) is 3.31. The van der Waals surface area contributed by atoms with Crippen molar-refractivity contribution in [1.29, 1.82) is 0 Å². The van der Waals surface area contributed by atoms with Crippen molar-refractivity contribution in [2.24, 2.45) is 0 Å². The largest absolute Gasteiger partial charge is 0.493 e. The number of amides is 1. The fourth-order valence-corrected chi connectivity index (χ4v) is 3.31. The average molecular weight is 335 g/mol. The summed E-state index contributed by atoms with van der Waals surface area (Å²) < 4.78 is 10.6. The molecule has 0 bridgehead atoms. The second-order valence-corrected chi connectivity index (χ2v) is 6.55. The monoisotopic (exact) mass is 335 g/mol. The molecule has 0 aromatic heterocycles. The summed E-state index contributed by atoms with van der Waals surface area (Å²) in [4.78, 5) is 13.9. The Labute approximate surface area is 145 Å². The van der Waals surface area contributed by atoms with Gasteiger partial charge in [0, 0.05) is 6.54 Å². The van der Waals surface area contributed by atoms with E-state index in [1.807, 2.05) is 25.1 Å². The van der Waals surface area contributed by atoms with E-state index >= 15 is 0 Å². The molecule has 134 valence electrons. The number of likely N-dealkylation sites (tertiary alicyclic amines) is 1. The summed E-state index contributed by atoms with van der Waals surface area (Å²) in [5.74, 6) is 1.51. The maximum atomic E-state index is 12.5. The average Bonchev–Trinajstić information content (AvgIpc) is 2.58. The standard InChI is InChI=1S/C19H30N2O3/c1-15(21-11-7-5-4-6-8-12-21)19(22)20-14-16-9-10-17(23-2)18(13-16)24-3/h9-10,13,15H,4-8,11-12,14H2,1-3H3,(H,20,22)/p+1/t15-/m1/s1. The molecular formula is C19H31N2O3+. The Bertz CT molecular complexity index is 525. The zero-order valence-electron chi connectivity index (χ0n) is 15.2. The van der Waals surface area contributed by atoms with E-state index in [9.17, 15) is 4.79 Å². The minimum absolute atomic E-state index is 0.00300. The highest BCUT2D eigenvalue weighted by Crippen LogP contribution is 2.27. The number of quaternary nitrogens is 1. The van der Waals surface area contributed by atoms with Crippen LogP contribution in [0.25, 0.3) is 0 Å². The van der Waals surface area contributed by atoms with Crippen LogP contribution in [0.2, 0.25) is 0 Å². The molecular weight excluding hydrogens is 304 g/mol. The minimum atomic E-state index is 0.00300. The summed E-state index contributed by atoms with van der Waals surface area (Å²) in [5.41, 5.74) is 1.01. The van der Waals surface area contributed by atoms with Crippen LogP contribution in [0.3, 0.4) is 0 Å². The number of benzene rings is 1. The molecule has 1 aliphatic rings. The number of hydrogen-bond donors (Lipinski definition) is 2. The molecule has 0 radical (unpaired) electrons. The van der Waals surface area contributed by atoms with Gasteiger partial charge in [0.15, 0.2) is 17.5 Å². The van der Waals surface area contributed by atoms with Gasteiger partial charge in [-0.15, -0.1) is 0 Å². The van der Waals surface area contributed by atoms with Crippen molar-refractivity contribution >= 4 is 5.91 Å². The quantitative estimate of drug-likeness (QED) is 0.829. The summed E-state index contributed by atoms with van der Waals surface area (Å²) in [6, 6.07) is 5.73. The number of hydrogen-bond acceptors (Lipinski definition) is 3. The Balaban J connectivity index is 1.89. The van der Waals surface area contributed by atoms with Gasteiger partial charge < -0.3 is 19.7 Å². The molecule has 0 aliphatic carbocycles. The molecule has 0 saturated carbocycles. The van der Waals surface area contributed by atoms with Crippen LogP contribution < -0.4 is 19.7 Å². The van der Waals surface area contributed by atoms with E-state index in [1.54, 1.807) is 14.2 Å². The second-order valence-electron chi connectivity index (χ2n) is 6.55. The molecule has 1 fully saturated rings. The summed E-state index contributed by atoms with van der Waals surface area (Å²) in [6.45, 7) is 4.76. The molecule has 1 aromatic carbocycles. The molecule has 1 heterocycles. The van der Waals surface area contributed by atoms with Crippen LogP contribution >= 0.6 is 0 Å². The van der Waals surface area contributed by atoms with Crippen molar-refractivity contribution in [2.45, 2.75) is 51.6 Å². The van der Waals surface area contributed by atoms with Gasteiger partial charge in [0.2, 0.25) is 0 Å². The molecule has 0 spiro atoms. The zero-order chi connectivity index (χ0) is 17.4. The van der Waals surface area contributed by atoms with Gasteiger partial charge in [-0.2, -0.15) is 0 Å². The molecule has 1 aliphatic heterocycles. The Morgan fingerprint density at radius 1 is 1.08 bits per heavy atom. The first-order valence-corrected chi connectivity index (χ1v) is 8.99. The molecule has 0 unspecified atom stereocenters. The summed E-state index contributed by atoms with van der Waals surface area (Å²) in [6.07, 6.45) is 6.38. The van der Waals surface area contributed by atoms with Crippen LogP contribution in [0.15, 0.2) is 18.2 Å². The summed E-state index contributed by atoms with van der Waals surface area (Å²) in [7, 11) is 3.24. The molecule has 5 nitrogen and oxygen atoms in total. The molecule has 1 aromatic rings. The lowest BCUT2D eigenvalue weighted by Crippen LogP contribution is -3.16. The number of carbonyl (C=O) groups excluding carboxylic acids is 1. The molecule has 2 N–H and O–H groups in total.